The maximum Gasteiger partial charge on any atom is 0.241 e. The minimum Gasteiger partial charge on any atom is -0.326 e. The summed E-state index contributed by atoms with van der Waals surface area (Å²) in [6, 6.07) is 13.7. The van der Waals surface area contributed by atoms with Crippen LogP contribution in [0.1, 0.15) is 18.4 Å². The predicted molar refractivity (Wildman–Crippen MR) is 105 cm³/mol. The number of nitrogens with two attached hydrogens (primary N) is 1. The summed E-state index contributed by atoms with van der Waals surface area (Å²) in [7, 11) is 0. The van der Waals surface area contributed by atoms with E-state index < -0.39 is 11.9 Å². The van der Waals surface area contributed by atoms with Crippen molar-refractivity contribution in [3.8, 4) is 0 Å². The van der Waals surface area contributed by atoms with E-state index in [4.69, 9.17) is 17.3 Å². The van der Waals surface area contributed by atoms with Gasteiger partial charge >= 0.3 is 0 Å². The summed E-state index contributed by atoms with van der Waals surface area (Å²) in [5.74, 6) is -0.605. The average Bonchev–Trinajstić information content (AvgIpc) is 3.00. The quantitative estimate of drug-likeness (QED) is 0.827. The van der Waals surface area contributed by atoms with Crippen molar-refractivity contribution in [3.05, 3.63) is 64.9 Å². The lowest BCUT2D eigenvalue weighted by atomic mass is 9.95. The number of anilines is 1. The van der Waals surface area contributed by atoms with Crippen molar-refractivity contribution < 1.29 is 9.18 Å². The summed E-state index contributed by atoms with van der Waals surface area (Å²) < 4.78 is 13.8. The lowest BCUT2D eigenvalue weighted by molar-refractivity contribution is -0.120. The van der Waals surface area contributed by atoms with Gasteiger partial charge in [0.2, 0.25) is 5.91 Å². The van der Waals surface area contributed by atoms with Crippen LogP contribution < -0.4 is 11.1 Å². The van der Waals surface area contributed by atoms with Gasteiger partial charge in [0.15, 0.2) is 0 Å². The van der Waals surface area contributed by atoms with Crippen molar-refractivity contribution in [2.75, 3.05) is 18.4 Å². The number of nitrogens with one attached hydrogen (secondary N) is 1. The molecule has 140 valence electrons. The second kappa shape index (κ2) is 8.82. The third-order valence-corrected chi connectivity index (χ3v) is 4.97. The van der Waals surface area contributed by atoms with Crippen LogP contribution in [0.5, 0.6) is 0 Å². The first kappa shape index (κ1) is 20.6. The molecule has 2 aromatic carbocycles. The summed E-state index contributed by atoms with van der Waals surface area (Å²) in [6.45, 7) is 3.11. The molecule has 1 aliphatic rings. The van der Waals surface area contributed by atoms with E-state index in [1.807, 2.05) is 23.1 Å². The van der Waals surface area contributed by atoms with E-state index in [9.17, 15) is 9.18 Å². The van der Waals surface area contributed by atoms with Crippen molar-refractivity contribution in [2.24, 2.45) is 5.73 Å². The number of carbonyl (C=O) groups excluding carboxylic acids is 1. The second-order valence-corrected chi connectivity index (χ2v) is 6.86. The van der Waals surface area contributed by atoms with Crippen LogP contribution in [0, 0.1) is 5.82 Å². The molecule has 3 N–H and O–H groups in total. The van der Waals surface area contributed by atoms with Gasteiger partial charge in [0.25, 0.3) is 0 Å². The smallest absolute Gasteiger partial charge is 0.241 e. The molecule has 0 spiro atoms. The van der Waals surface area contributed by atoms with Gasteiger partial charge in [-0.3, -0.25) is 9.69 Å². The Balaban J connectivity index is 0.00000243. The zero-order chi connectivity index (χ0) is 18.0. The number of benzene rings is 2. The van der Waals surface area contributed by atoms with Gasteiger partial charge in [0.05, 0.1) is 11.7 Å². The van der Waals surface area contributed by atoms with Crippen molar-refractivity contribution in [1.29, 1.82) is 0 Å². The number of halogens is 3. The summed E-state index contributed by atoms with van der Waals surface area (Å²) >= 11 is 5.87. The molecule has 2 aromatic rings. The molecule has 1 amide bonds. The number of amides is 1. The largest absolute Gasteiger partial charge is 0.326 e. The van der Waals surface area contributed by atoms with Gasteiger partial charge in [-0.05, 0) is 30.7 Å². The van der Waals surface area contributed by atoms with Gasteiger partial charge in [0.1, 0.15) is 5.82 Å². The molecule has 7 heteroatoms. The topological polar surface area (TPSA) is 58.4 Å². The summed E-state index contributed by atoms with van der Waals surface area (Å²) in [4.78, 5) is 14.5. The first-order chi connectivity index (χ1) is 12.0. The third-order valence-electron chi connectivity index (χ3n) is 4.73. The highest BCUT2D eigenvalue weighted by molar-refractivity contribution is 6.30. The molecular formula is C19H22Cl2FN3O. The Morgan fingerprint density at radius 1 is 1.27 bits per heavy atom. The van der Waals surface area contributed by atoms with Crippen molar-refractivity contribution >= 4 is 35.6 Å². The van der Waals surface area contributed by atoms with E-state index in [2.05, 4.69) is 17.4 Å². The number of carbonyl (C=O) groups is 1. The van der Waals surface area contributed by atoms with E-state index in [1.165, 1.54) is 23.8 Å². The molecule has 3 rings (SSSR count). The van der Waals surface area contributed by atoms with Crippen LogP contribution in [0.15, 0.2) is 48.5 Å². The molecule has 0 aliphatic carbocycles. The molecule has 4 nitrogen and oxygen atoms in total. The predicted octanol–water partition coefficient (Wildman–Crippen LogP) is 3.65. The van der Waals surface area contributed by atoms with Crippen LogP contribution in [0.4, 0.5) is 10.1 Å². The zero-order valence-corrected chi connectivity index (χ0v) is 15.9. The summed E-state index contributed by atoms with van der Waals surface area (Å²) in [5.41, 5.74) is 7.55. The summed E-state index contributed by atoms with van der Waals surface area (Å²) in [5, 5.41) is 2.99. The van der Waals surface area contributed by atoms with Crippen molar-refractivity contribution in [2.45, 2.75) is 24.9 Å². The monoisotopic (exact) mass is 397 g/mol. The van der Waals surface area contributed by atoms with Crippen LogP contribution in [-0.4, -0.2) is 36.0 Å². The number of nitrogens with zero attached hydrogens (tertiary/aromatic N) is 1. The maximum absolute atomic E-state index is 13.8. The zero-order valence-electron chi connectivity index (χ0n) is 14.4. The van der Waals surface area contributed by atoms with Crippen molar-refractivity contribution in [1.82, 2.24) is 4.90 Å². The van der Waals surface area contributed by atoms with Crippen molar-refractivity contribution in [3.63, 3.8) is 0 Å². The molecule has 0 aromatic heterocycles. The molecule has 1 unspecified atom stereocenters. The van der Waals surface area contributed by atoms with Gasteiger partial charge in [-0.25, -0.2) is 4.39 Å². The van der Waals surface area contributed by atoms with Gasteiger partial charge < -0.3 is 11.1 Å². The fourth-order valence-corrected chi connectivity index (χ4v) is 3.40. The van der Waals surface area contributed by atoms with E-state index in [-0.39, 0.29) is 36.0 Å². The van der Waals surface area contributed by atoms with Gasteiger partial charge in [-0.15, -0.1) is 12.4 Å². The van der Waals surface area contributed by atoms with Crippen LogP contribution in [-0.2, 0) is 4.79 Å². The highest BCUT2D eigenvalue weighted by atomic mass is 35.5. The van der Waals surface area contributed by atoms with E-state index in [0.717, 1.165) is 0 Å². The van der Waals surface area contributed by atoms with Crippen LogP contribution in [0.2, 0.25) is 5.02 Å². The first-order valence-corrected chi connectivity index (χ1v) is 8.64. The molecule has 1 fully saturated rings. The van der Waals surface area contributed by atoms with Gasteiger partial charge in [0, 0.05) is 30.1 Å². The average molecular weight is 398 g/mol. The molecule has 26 heavy (non-hydrogen) atoms. The van der Waals surface area contributed by atoms with Crippen LogP contribution in [0.3, 0.4) is 0 Å². The molecule has 3 atom stereocenters. The lowest BCUT2D eigenvalue weighted by Crippen LogP contribution is -2.41. The third kappa shape index (κ3) is 4.54. The van der Waals surface area contributed by atoms with E-state index in [0.29, 0.717) is 18.1 Å². The van der Waals surface area contributed by atoms with Gasteiger partial charge in [-0.2, -0.15) is 0 Å². The number of rotatable bonds is 4. The minimum atomic E-state index is -0.509. The normalized spacial score (nSPS) is 21.1. The highest BCUT2D eigenvalue weighted by Gasteiger charge is 2.35. The SMILES string of the molecule is CC(C(=O)Nc1cc(Cl)ccc1F)N1C[C@@H](N)[C@H](c2ccccc2)C1.Cl. The molecule has 1 heterocycles. The molecule has 0 saturated carbocycles. The molecule has 1 aliphatic heterocycles. The standard InChI is InChI=1S/C19H21ClFN3O.ClH/c1-12(19(25)23-18-9-14(20)7-8-16(18)21)24-10-15(17(22)11-24)13-5-3-2-4-6-13;/h2-9,12,15,17H,10-11,22H2,1H3,(H,23,25);1H/t12?,15-,17+;/m0./s1. The second-order valence-electron chi connectivity index (χ2n) is 6.42. The molecular weight excluding hydrogens is 376 g/mol. The highest BCUT2D eigenvalue weighted by Crippen LogP contribution is 2.28. The number of hydrogen-bond donors (Lipinski definition) is 2. The number of likely N-dealkylation sites (tertiary alicyclic amines) is 1. The Hall–Kier alpha value is -1.66. The van der Waals surface area contributed by atoms with Crippen LogP contribution in [0.25, 0.3) is 0 Å². The fraction of sp³-hybridized carbons (Fsp3) is 0.316. The Morgan fingerprint density at radius 2 is 1.96 bits per heavy atom. The first-order valence-electron chi connectivity index (χ1n) is 8.26. The Kier molecular flexibility index (Phi) is 7.01. The molecule has 0 radical (unpaired) electrons. The van der Waals surface area contributed by atoms with E-state index in [1.54, 1.807) is 6.92 Å². The fourth-order valence-electron chi connectivity index (χ4n) is 3.23. The van der Waals surface area contributed by atoms with Crippen LogP contribution >= 0.6 is 24.0 Å². The molecule has 0 bridgehead atoms. The Bertz CT molecular complexity index is 760. The Labute approximate surface area is 163 Å². The van der Waals surface area contributed by atoms with E-state index >= 15 is 0 Å². The Morgan fingerprint density at radius 3 is 2.65 bits per heavy atom. The minimum absolute atomic E-state index is 0. The maximum atomic E-state index is 13.8. The summed E-state index contributed by atoms with van der Waals surface area (Å²) in [6.07, 6.45) is 0. The number of hydrogen-bond acceptors (Lipinski definition) is 3. The van der Waals surface area contributed by atoms with Gasteiger partial charge in [-0.1, -0.05) is 41.9 Å². The molecule has 1 saturated heterocycles. The lowest BCUT2D eigenvalue weighted by Gasteiger charge is -2.23.